The zero-order valence-corrected chi connectivity index (χ0v) is 11.1. The molecule has 0 heterocycles. The van der Waals surface area contributed by atoms with Crippen molar-refractivity contribution in [3.05, 3.63) is 34.1 Å². The highest BCUT2D eigenvalue weighted by Gasteiger charge is 2.32. The van der Waals surface area contributed by atoms with Crippen LogP contribution >= 0.6 is 15.9 Å². The molecule has 2 atom stereocenters. The van der Waals surface area contributed by atoms with Crippen molar-refractivity contribution in [3.8, 4) is 0 Å². The maximum Gasteiger partial charge on any atom is 0.123 e. The van der Waals surface area contributed by atoms with E-state index < -0.39 is 11.5 Å². The highest BCUT2D eigenvalue weighted by atomic mass is 79.9. The van der Waals surface area contributed by atoms with Gasteiger partial charge in [-0.25, -0.2) is 4.39 Å². The van der Waals surface area contributed by atoms with Gasteiger partial charge in [0.1, 0.15) is 5.82 Å². The van der Waals surface area contributed by atoms with Crippen LogP contribution in [0, 0.1) is 11.2 Å². The Labute approximate surface area is 104 Å². The van der Waals surface area contributed by atoms with E-state index in [0.29, 0.717) is 16.6 Å². The second-order valence-corrected chi connectivity index (χ2v) is 5.13. The summed E-state index contributed by atoms with van der Waals surface area (Å²) in [7, 11) is 0. The minimum atomic E-state index is -0.771. The third-order valence-corrected chi connectivity index (χ3v) is 3.91. The minimum absolute atomic E-state index is 0.354. The predicted octanol–water partition coefficient (Wildman–Crippen LogP) is 3.00. The van der Waals surface area contributed by atoms with E-state index in [1.54, 1.807) is 6.07 Å². The van der Waals surface area contributed by atoms with Crippen LogP contribution in [0.4, 0.5) is 4.39 Å². The maximum atomic E-state index is 13.1. The zero-order valence-electron chi connectivity index (χ0n) is 9.50. The number of aliphatic hydroxyl groups is 1. The number of benzene rings is 1. The first-order valence-corrected chi connectivity index (χ1v) is 6.07. The summed E-state index contributed by atoms with van der Waals surface area (Å²) < 4.78 is 13.8. The van der Waals surface area contributed by atoms with Crippen LogP contribution in [0.5, 0.6) is 0 Å². The average molecular weight is 290 g/mol. The van der Waals surface area contributed by atoms with Gasteiger partial charge in [-0.2, -0.15) is 0 Å². The summed E-state index contributed by atoms with van der Waals surface area (Å²) in [5.74, 6) is -0.354. The highest BCUT2D eigenvalue weighted by molar-refractivity contribution is 9.10. The molecule has 0 bridgehead atoms. The molecule has 4 heteroatoms. The lowest BCUT2D eigenvalue weighted by molar-refractivity contribution is 0.0384. The first kappa shape index (κ1) is 13.6. The van der Waals surface area contributed by atoms with Gasteiger partial charge >= 0.3 is 0 Å². The summed E-state index contributed by atoms with van der Waals surface area (Å²) in [5.41, 5.74) is 5.79. The minimum Gasteiger partial charge on any atom is -0.388 e. The van der Waals surface area contributed by atoms with E-state index in [0.717, 1.165) is 6.42 Å². The van der Waals surface area contributed by atoms with Crippen molar-refractivity contribution in [2.75, 3.05) is 6.54 Å². The van der Waals surface area contributed by atoms with Gasteiger partial charge in [0.2, 0.25) is 0 Å². The molecule has 2 nitrogen and oxygen atoms in total. The Morgan fingerprint density at radius 2 is 2.19 bits per heavy atom. The van der Waals surface area contributed by atoms with Gasteiger partial charge in [-0.1, -0.05) is 29.8 Å². The Kier molecular flexibility index (Phi) is 4.47. The average Bonchev–Trinajstić information content (AvgIpc) is 2.30. The van der Waals surface area contributed by atoms with E-state index in [2.05, 4.69) is 15.9 Å². The summed E-state index contributed by atoms with van der Waals surface area (Å²) in [5, 5.41) is 10.3. The summed E-state index contributed by atoms with van der Waals surface area (Å²) >= 11 is 3.31. The van der Waals surface area contributed by atoms with Crippen LogP contribution in [-0.4, -0.2) is 11.7 Å². The maximum absolute atomic E-state index is 13.1. The van der Waals surface area contributed by atoms with Gasteiger partial charge in [-0.05, 0) is 30.2 Å². The van der Waals surface area contributed by atoms with Crippen molar-refractivity contribution in [1.29, 1.82) is 0 Å². The molecule has 0 amide bonds. The number of aliphatic hydroxyl groups excluding tert-OH is 1. The quantitative estimate of drug-likeness (QED) is 0.895. The Morgan fingerprint density at radius 1 is 1.56 bits per heavy atom. The van der Waals surface area contributed by atoms with E-state index in [9.17, 15) is 9.50 Å². The molecule has 0 radical (unpaired) electrons. The van der Waals surface area contributed by atoms with Crippen molar-refractivity contribution in [3.63, 3.8) is 0 Å². The van der Waals surface area contributed by atoms with Crippen molar-refractivity contribution in [1.82, 2.24) is 0 Å². The monoisotopic (exact) mass is 289 g/mol. The normalized spacial score (nSPS) is 16.9. The second kappa shape index (κ2) is 5.25. The molecule has 90 valence electrons. The standard InChI is InChI=1S/C12H17BrFNO/c1-3-12(2,7-15)11(16)9-6-8(14)4-5-10(9)13/h4-6,11,16H,3,7,15H2,1-2H3. The van der Waals surface area contributed by atoms with Gasteiger partial charge < -0.3 is 10.8 Å². The van der Waals surface area contributed by atoms with Gasteiger partial charge in [-0.15, -0.1) is 0 Å². The predicted molar refractivity (Wildman–Crippen MR) is 66.5 cm³/mol. The number of halogens is 2. The highest BCUT2D eigenvalue weighted by Crippen LogP contribution is 2.38. The fraction of sp³-hybridized carbons (Fsp3) is 0.500. The Hall–Kier alpha value is -0.450. The number of nitrogens with two attached hydrogens (primary N) is 1. The lowest BCUT2D eigenvalue weighted by Gasteiger charge is -2.33. The number of hydrogen-bond acceptors (Lipinski definition) is 2. The van der Waals surface area contributed by atoms with E-state index in [1.807, 2.05) is 13.8 Å². The molecule has 0 aliphatic heterocycles. The molecule has 1 aromatic carbocycles. The molecule has 0 aromatic heterocycles. The molecule has 2 unspecified atom stereocenters. The van der Waals surface area contributed by atoms with Crippen LogP contribution < -0.4 is 5.73 Å². The fourth-order valence-corrected chi connectivity index (χ4v) is 2.01. The van der Waals surface area contributed by atoms with Crippen molar-refractivity contribution in [2.24, 2.45) is 11.1 Å². The topological polar surface area (TPSA) is 46.2 Å². The molecule has 0 aliphatic carbocycles. The van der Waals surface area contributed by atoms with E-state index >= 15 is 0 Å². The third-order valence-electron chi connectivity index (χ3n) is 3.19. The first-order valence-electron chi connectivity index (χ1n) is 5.27. The lowest BCUT2D eigenvalue weighted by Crippen LogP contribution is -2.33. The molecule has 0 saturated carbocycles. The van der Waals surface area contributed by atoms with Crippen molar-refractivity contribution in [2.45, 2.75) is 26.4 Å². The molecule has 0 saturated heterocycles. The zero-order chi connectivity index (χ0) is 12.3. The van der Waals surface area contributed by atoms with E-state index in [1.165, 1.54) is 12.1 Å². The first-order chi connectivity index (χ1) is 7.44. The molecule has 1 aromatic rings. The van der Waals surface area contributed by atoms with Gasteiger partial charge in [0.05, 0.1) is 6.10 Å². The van der Waals surface area contributed by atoms with Gasteiger partial charge in [0, 0.05) is 16.4 Å². The van der Waals surface area contributed by atoms with Crippen LogP contribution in [0.15, 0.2) is 22.7 Å². The largest absolute Gasteiger partial charge is 0.388 e. The van der Waals surface area contributed by atoms with Crippen LogP contribution in [0.3, 0.4) is 0 Å². The Morgan fingerprint density at radius 3 is 2.69 bits per heavy atom. The van der Waals surface area contributed by atoms with E-state index in [4.69, 9.17) is 5.73 Å². The summed E-state index contributed by atoms with van der Waals surface area (Å²) in [6.07, 6.45) is -0.0410. The van der Waals surface area contributed by atoms with Crippen molar-refractivity contribution >= 4 is 15.9 Å². The third kappa shape index (κ3) is 2.62. The second-order valence-electron chi connectivity index (χ2n) is 4.28. The lowest BCUT2D eigenvalue weighted by atomic mass is 9.78. The SMILES string of the molecule is CCC(C)(CN)C(O)c1cc(F)ccc1Br. The van der Waals surface area contributed by atoms with Gasteiger partial charge in [-0.3, -0.25) is 0 Å². The summed E-state index contributed by atoms with van der Waals surface area (Å²) in [4.78, 5) is 0. The van der Waals surface area contributed by atoms with Crippen LogP contribution in [0.25, 0.3) is 0 Å². The van der Waals surface area contributed by atoms with Crippen LogP contribution in [-0.2, 0) is 0 Å². The Bertz CT molecular complexity index is 366. The molecular weight excluding hydrogens is 273 g/mol. The van der Waals surface area contributed by atoms with E-state index in [-0.39, 0.29) is 5.82 Å². The fourth-order valence-electron chi connectivity index (χ4n) is 1.55. The van der Waals surface area contributed by atoms with Crippen molar-refractivity contribution < 1.29 is 9.50 Å². The molecular formula is C12H17BrFNO. The van der Waals surface area contributed by atoms with Gasteiger partial charge in [0.15, 0.2) is 0 Å². The molecule has 0 spiro atoms. The molecule has 0 fully saturated rings. The molecule has 3 N–H and O–H groups in total. The summed E-state index contributed by atoms with van der Waals surface area (Å²) in [6, 6.07) is 4.30. The smallest absolute Gasteiger partial charge is 0.123 e. The van der Waals surface area contributed by atoms with Crippen LogP contribution in [0.1, 0.15) is 31.9 Å². The molecule has 16 heavy (non-hydrogen) atoms. The number of rotatable bonds is 4. The Balaban J connectivity index is 3.12. The summed E-state index contributed by atoms with van der Waals surface area (Å²) in [6.45, 7) is 4.21. The number of hydrogen-bond donors (Lipinski definition) is 2. The van der Waals surface area contributed by atoms with Gasteiger partial charge in [0.25, 0.3) is 0 Å². The molecule has 0 aliphatic rings. The molecule has 1 rings (SSSR count). The van der Waals surface area contributed by atoms with Crippen LogP contribution in [0.2, 0.25) is 0 Å².